The molecule has 3 aliphatic heterocycles. The number of nitrogens with one attached hydrogen (secondary N) is 3. The number of rotatable bonds is 12. The average Bonchev–Trinajstić information content (AvgIpc) is 4.07. The van der Waals surface area contributed by atoms with Crippen molar-refractivity contribution in [1.29, 1.82) is 0 Å². The van der Waals surface area contributed by atoms with Gasteiger partial charge in [-0.15, -0.1) is 0 Å². The zero-order valence-corrected chi connectivity index (χ0v) is 48.2. The van der Waals surface area contributed by atoms with Gasteiger partial charge in [-0.2, -0.15) is 0 Å². The molecule has 2 aromatic heterocycles. The molecule has 1 spiro atoms. The number of carbonyl (C=O) groups excluding carboxylic acids is 2. The lowest BCUT2D eigenvalue weighted by Crippen LogP contribution is -2.72. The number of ketones is 2. The Bertz CT molecular complexity index is 2840. The summed E-state index contributed by atoms with van der Waals surface area (Å²) in [6.07, 6.45) is 15.3. The lowest BCUT2D eigenvalue weighted by atomic mass is 9.30. The minimum Gasteiger partial charge on any atom is -0.393 e. The van der Waals surface area contributed by atoms with Crippen molar-refractivity contribution in [1.82, 2.24) is 20.2 Å². The molecule has 15 atom stereocenters. The number of epoxide rings is 1. The number of ether oxygens (including phenoxy) is 2. The van der Waals surface area contributed by atoms with Crippen LogP contribution in [-0.4, -0.2) is 112 Å². The quantitative estimate of drug-likeness (QED) is 0.0864. The summed E-state index contributed by atoms with van der Waals surface area (Å²) in [7, 11) is 4.02. The summed E-state index contributed by atoms with van der Waals surface area (Å²) in [6.45, 7) is 18.9. The Balaban J connectivity index is 1.02. The van der Waals surface area contributed by atoms with Crippen molar-refractivity contribution in [3.63, 3.8) is 0 Å². The molecule has 0 radical (unpaired) electrons. The number of hydrogen-bond acceptors (Lipinski definition) is 10. The largest absolute Gasteiger partial charge is 0.393 e. The first-order chi connectivity index (χ1) is 36.5. The van der Waals surface area contributed by atoms with E-state index in [0.717, 1.165) is 66.5 Å². The SMILES string of the molecule is CNCC[C@]1(C)C(=O)C[C@]2(CC[C@@H](O)C2)[C@@]2(C)[C@H]3[C@H](O)[C@H]4Cn5cc(Cc6cc([C@H]7CCCC[C@@H]7CNC)cc(C7(O)CCOCC7)c6)c6[nH]cc(c65)CC[C@@](C)(C[C@@H](O)[C@H]5OC5(C)C)C5=C4[C@](C)(CC5=O)[C@@]3(C)CC[C@H]21. The summed E-state index contributed by atoms with van der Waals surface area (Å²) in [4.78, 5) is 34.5. The van der Waals surface area contributed by atoms with Gasteiger partial charge in [-0.05, 0) is 190 Å². The van der Waals surface area contributed by atoms with E-state index in [4.69, 9.17) is 9.47 Å². The molecule has 5 saturated carbocycles. The van der Waals surface area contributed by atoms with Crippen molar-refractivity contribution >= 4 is 22.6 Å². The molecule has 6 aliphatic carbocycles. The maximum Gasteiger partial charge on any atom is 0.160 e. The van der Waals surface area contributed by atoms with Crippen LogP contribution in [0.5, 0.6) is 0 Å². The second-order valence-electron chi connectivity index (χ2n) is 28.9. The molecule has 422 valence electrons. The monoisotopic (exact) mass is 1060 g/mol. The lowest BCUT2D eigenvalue weighted by Gasteiger charge is -2.74. The van der Waals surface area contributed by atoms with E-state index in [9.17, 15) is 25.2 Å². The maximum absolute atomic E-state index is 15.8. The summed E-state index contributed by atoms with van der Waals surface area (Å²) < 4.78 is 14.4. The minimum absolute atomic E-state index is 0.0155. The molecule has 0 unspecified atom stereocenters. The van der Waals surface area contributed by atoms with E-state index >= 15 is 4.79 Å². The summed E-state index contributed by atoms with van der Waals surface area (Å²) >= 11 is 0. The van der Waals surface area contributed by atoms with Crippen LogP contribution < -0.4 is 10.6 Å². The van der Waals surface area contributed by atoms with Gasteiger partial charge in [0.2, 0.25) is 0 Å². The van der Waals surface area contributed by atoms with Crippen LogP contribution in [0.2, 0.25) is 0 Å². The summed E-state index contributed by atoms with van der Waals surface area (Å²) in [5.41, 5.74) is 5.08. The zero-order chi connectivity index (χ0) is 54.5. The molecule has 9 aliphatic rings. The first-order valence-electron chi connectivity index (χ1n) is 30.5. The second-order valence-corrected chi connectivity index (χ2v) is 28.9. The molecule has 1 aromatic carbocycles. The third-order valence-electron chi connectivity index (χ3n) is 24.5. The number of aliphatic hydroxyl groups excluding tert-OH is 3. The number of nitrogens with zero attached hydrogens (tertiary/aromatic N) is 1. The second kappa shape index (κ2) is 18.9. The van der Waals surface area contributed by atoms with Crippen LogP contribution in [0.3, 0.4) is 0 Å². The first-order valence-corrected chi connectivity index (χ1v) is 30.5. The number of allylic oxidation sites excluding steroid dienone is 1. The Labute approximate surface area is 458 Å². The highest BCUT2D eigenvalue weighted by molar-refractivity contribution is 6.02. The molecule has 12 rings (SSSR count). The normalized spacial score (nSPS) is 41.6. The highest BCUT2D eigenvalue weighted by atomic mass is 16.6. The Hall–Kier alpha value is -3.20. The lowest BCUT2D eigenvalue weighted by molar-refractivity contribution is -0.262. The Morgan fingerprint density at radius 3 is 2.34 bits per heavy atom. The highest BCUT2D eigenvalue weighted by Crippen LogP contribution is 2.80. The number of aromatic amines is 1. The number of hydrogen-bond donors (Lipinski definition) is 7. The predicted molar refractivity (Wildman–Crippen MR) is 299 cm³/mol. The molecule has 7 fully saturated rings. The van der Waals surface area contributed by atoms with Crippen LogP contribution in [0.25, 0.3) is 11.0 Å². The van der Waals surface area contributed by atoms with Crippen LogP contribution in [-0.2, 0) is 44.1 Å². The van der Waals surface area contributed by atoms with Crippen molar-refractivity contribution in [2.24, 2.45) is 56.2 Å². The standard InChI is InChI=1S/C65H94N4O8/c1-58(2)57(77-58)48(72)31-59(3)17-14-40-35-68-53-42(27-38-26-41(45-13-11-10-12-39(45)34-67-9)29-43(28-38)65(75)21-24-76-25-22-65)36-69(54(40)53)37-46-51-52(59)47(71)32-62(51,6)61(5)18-16-49-60(4,20-23-66-8)50(73)33-64(19-15-44(70)30-64)63(49,7)56(61)55(46)74/h26,28-29,35-36,39,44-46,48-49,55-57,66-68,70,72,74-75H,10-25,27,30-34,37H2,1-9H3/t39-,44-,45+,46+,48-,49+,55-,56+,57-,59+,60+,61+,62+,63-,64-/m1/s1. The van der Waals surface area contributed by atoms with E-state index in [1.54, 1.807) is 0 Å². The van der Waals surface area contributed by atoms with Gasteiger partial charge < -0.3 is 50.1 Å². The van der Waals surface area contributed by atoms with Crippen LogP contribution >= 0.6 is 0 Å². The fourth-order valence-electron chi connectivity index (χ4n) is 20.3. The third-order valence-corrected chi connectivity index (χ3v) is 24.5. The molecule has 7 N–H and O–H groups in total. The Morgan fingerprint density at radius 2 is 1.64 bits per heavy atom. The fraction of sp³-hybridized carbons (Fsp3) is 0.754. The van der Waals surface area contributed by atoms with Gasteiger partial charge in [-0.25, -0.2) is 0 Å². The van der Waals surface area contributed by atoms with E-state index < -0.39 is 67.9 Å². The third kappa shape index (κ3) is 8.13. The van der Waals surface area contributed by atoms with Gasteiger partial charge in [0.15, 0.2) is 5.78 Å². The molecular weight excluding hydrogens is 965 g/mol. The van der Waals surface area contributed by atoms with Crippen molar-refractivity contribution in [2.75, 3.05) is 40.4 Å². The van der Waals surface area contributed by atoms with Gasteiger partial charge in [0.05, 0.1) is 40.5 Å². The topological polar surface area (TPSA) is 182 Å². The van der Waals surface area contributed by atoms with E-state index in [-0.39, 0.29) is 23.7 Å². The van der Waals surface area contributed by atoms with E-state index in [1.165, 1.54) is 41.5 Å². The van der Waals surface area contributed by atoms with Gasteiger partial charge in [0.1, 0.15) is 11.9 Å². The number of aromatic nitrogens is 2. The molecule has 5 heterocycles. The van der Waals surface area contributed by atoms with Crippen molar-refractivity contribution in [3.05, 3.63) is 69.6 Å². The predicted octanol–water partition coefficient (Wildman–Crippen LogP) is 9.36. The number of aliphatic hydroxyl groups is 4. The molecule has 3 aromatic rings. The summed E-state index contributed by atoms with van der Waals surface area (Å²) in [5.74, 6) is 0.637. The van der Waals surface area contributed by atoms with E-state index in [1.807, 2.05) is 20.9 Å². The molecular formula is C65H94N4O8. The molecule has 0 bridgehead atoms. The van der Waals surface area contributed by atoms with Crippen molar-refractivity contribution < 1.29 is 39.5 Å². The van der Waals surface area contributed by atoms with Crippen molar-refractivity contribution in [2.45, 2.75) is 212 Å². The smallest absolute Gasteiger partial charge is 0.160 e. The fourth-order valence-corrected chi connectivity index (χ4v) is 20.3. The van der Waals surface area contributed by atoms with Gasteiger partial charge in [-0.1, -0.05) is 65.7 Å². The number of carbonyl (C=O) groups is 2. The number of aryl methyl sites for hydroxylation is 1. The van der Waals surface area contributed by atoms with Crippen LogP contribution in [0, 0.1) is 56.2 Å². The van der Waals surface area contributed by atoms with Crippen LogP contribution in [0.1, 0.15) is 185 Å². The highest BCUT2D eigenvalue weighted by Gasteiger charge is 2.77. The van der Waals surface area contributed by atoms with Crippen LogP contribution in [0.15, 0.2) is 41.7 Å². The van der Waals surface area contributed by atoms with Gasteiger partial charge >= 0.3 is 0 Å². The number of benzene rings is 1. The number of fused-ring (bicyclic) bond motifs is 5. The van der Waals surface area contributed by atoms with Crippen molar-refractivity contribution in [3.8, 4) is 0 Å². The van der Waals surface area contributed by atoms with Gasteiger partial charge in [-0.3, -0.25) is 9.59 Å². The van der Waals surface area contributed by atoms with E-state index in [2.05, 4.69) is 92.4 Å². The molecule has 77 heavy (non-hydrogen) atoms. The minimum atomic E-state index is -0.962. The first kappa shape index (κ1) is 54.4. The molecule has 12 nitrogen and oxygen atoms in total. The van der Waals surface area contributed by atoms with Gasteiger partial charge in [0.25, 0.3) is 0 Å². The zero-order valence-electron chi connectivity index (χ0n) is 48.2. The van der Waals surface area contributed by atoms with Crippen LogP contribution in [0.4, 0.5) is 0 Å². The van der Waals surface area contributed by atoms with Gasteiger partial charge in [0, 0.05) is 86.6 Å². The summed E-state index contributed by atoms with van der Waals surface area (Å²) in [6, 6.07) is 7.02. The maximum atomic E-state index is 15.8. The summed E-state index contributed by atoms with van der Waals surface area (Å²) in [5, 5.41) is 57.4. The Kier molecular flexibility index (Phi) is 13.4. The van der Waals surface area contributed by atoms with E-state index in [0.29, 0.717) is 108 Å². The molecule has 12 heteroatoms. The Morgan fingerprint density at radius 1 is 0.883 bits per heavy atom. The average molecular weight is 1060 g/mol. The number of H-pyrrole nitrogens is 1. The molecule has 2 saturated heterocycles. The molecule has 0 amide bonds. The number of Topliss-reactive ketones (excluding diaryl/α,β-unsaturated/α-hetero) is 2.